The Morgan fingerprint density at radius 2 is 2.33 bits per heavy atom. The number of thioether (sulfide) groups is 1. The zero-order valence-corrected chi connectivity index (χ0v) is 10.9. The summed E-state index contributed by atoms with van der Waals surface area (Å²) in [5, 5.41) is 2.94. The Morgan fingerprint density at radius 1 is 1.50 bits per heavy atom. The van der Waals surface area contributed by atoms with Gasteiger partial charge in [-0.3, -0.25) is 9.59 Å². The number of hydrogen-bond donors (Lipinski definition) is 1. The third-order valence-corrected chi connectivity index (χ3v) is 3.34. The van der Waals surface area contributed by atoms with E-state index >= 15 is 0 Å². The van der Waals surface area contributed by atoms with Crippen molar-refractivity contribution in [3.05, 3.63) is 29.3 Å². The molecule has 1 aromatic carbocycles. The molecule has 92 valence electrons. The minimum atomic E-state index is 0.0198. The summed E-state index contributed by atoms with van der Waals surface area (Å²) in [5.41, 5.74) is 2.70. The van der Waals surface area contributed by atoms with Gasteiger partial charge in [-0.25, -0.2) is 0 Å². The van der Waals surface area contributed by atoms with Crippen molar-refractivity contribution in [1.29, 1.82) is 0 Å². The number of amides is 1. The van der Waals surface area contributed by atoms with Gasteiger partial charge < -0.3 is 5.32 Å². The van der Waals surface area contributed by atoms with Gasteiger partial charge in [-0.15, -0.1) is 0 Å². The maximum Gasteiger partial charge on any atom is 0.228 e. The number of rotatable bonds is 2. The van der Waals surface area contributed by atoms with Crippen LogP contribution in [0.25, 0.3) is 0 Å². The van der Waals surface area contributed by atoms with Crippen LogP contribution in [0.4, 0.5) is 5.69 Å². The van der Waals surface area contributed by atoms with Crippen molar-refractivity contribution < 1.29 is 9.59 Å². The molecule has 1 aromatic rings. The van der Waals surface area contributed by atoms with Crippen LogP contribution in [0.2, 0.25) is 0 Å². The van der Waals surface area contributed by atoms with Crippen molar-refractivity contribution in [1.82, 2.24) is 0 Å². The Labute approximate surface area is 110 Å². The standard InChI is InChI=1S/C14H13NO2S/c1-10(16)18-8-3-2-5-11-6-4-7-12-9-13(17)15-14(11)12/h4,6-7H,3,8-9H2,1H3,(H,15,17). The number of carbonyl (C=O) groups excluding carboxylic acids is 2. The van der Waals surface area contributed by atoms with Gasteiger partial charge in [0.05, 0.1) is 12.1 Å². The fraction of sp³-hybridized carbons (Fsp3) is 0.286. The number of para-hydroxylation sites is 1. The molecular formula is C14H13NO2S. The van der Waals surface area contributed by atoms with Crippen LogP contribution in [0.5, 0.6) is 0 Å². The lowest BCUT2D eigenvalue weighted by atomic mass is 10.1. The van der Waals surface area contributed by atoms with Gasteiger partial charge in [0.25, 0.3) is 0 Å². The van der Waals surface area contributed by atoms with E-state index in [0.717, 1.165) is 16.8 Å². The topological polar surface area (TPSA) is 46.2 Å². The van der Waals surface area contributed by atoms with E-state index in [1.54, 1.807) is 6.92 Å². The van der Waals surface area contributed by atoms with Crippen molar-refractivity contribution >= 4 is 28.5 Å². The Bertz CT molecular complexity index is 555. The highest BCUT2D eigenvalue weighted by Gasteiger charge is 2.19. The summed E-state index contributed by atoms with van der Waals surface area (Å²) < 4.78 is 0. The van der Waals surface area contributed by atoms with Gasteiger partial charge in [-0.05, 0) is 11.6 Å². The third-order valence-electron chi connectivity index (χ3n) is 2.52. The molecule has 0 unspecified atom stereocenters. The molecule has 1 N–H and O–H groups in total. The van der Waals surface area contributed by atoms with Gasteiger partial charge in [0.1, 0.15) is 0 Å². The number of nitrogens with one attached hydrogen (secondary N) is 1. The maximum atomic E-state index is 11.3. The van der Waals surface area contributed by atoms with Crippen molar-refractivity contribution in [2.45, 2.75) is 19.8 Å². The first-order valence-electron chi connectivity index (χ1n) is 5.71. The molecular weight excluding hydrogens is 246 g/mol. The molecule has 4 heteroatoms. The summed E-state index contributed by atoms with van der Waals surface area (Å²) in [6.45, 7) is 1.55. The third kappa shape index (κ3) is 3.14. The molecule has 1 aliphatic heterocycles. The first kappa shape index (κ1) is 12.7. The largest absolute Gasteiger partial charge is 0.324 e. The van der Waals surface area contributed by atoms with Crippen LogP contribution in [-0.2, 0) is 16.0 Å². The fourth-order valence-electron chi connectivity index (χ4n) is 1.76. The molecule has 0 radical (unpaired) electrons. The first-order chi connectivity index (χ1) is 8.66. The second kappa shape index (κ2) is 5.74. The summed E-state index contributed by atoms with van der Waals surface area (Å²) in [6, 6.07) is 5.74. The van der Waals surface area contributed by atoms with E-state index in [0.29, 0.717) is 18.6 Å². The van der Waals surface area contributed by atoms with E-state index in [-0.39, 0.29) is 11.0 Å². The number of carbonyl (C=O) groups is 2. The van der Waals surface area contributed by atoms with Crippen LogP contribution in [0.15, 0.2) is 18.2 Å². The summed E-state index contributed by atoms with van der Waals surface area (Å²) in [5.74, 6) is 6.81. The minimum Gasteiger partial charge on any atom is -0.324 e. The predicted molar refractivity (Wildman–Crippen MR) is 73.4 cm³/mol. The SMILES string of the molecule is CC(=O)SCCC#Cc1cccc2c1NC(=O)C2. The molecule has 0 atom stereocenters. The summed E-state index contributed by atoms with van der Waals surface area (Å²) in [4.78, 5) is 22.0. The highest BCUT2D eigenvalue weighted by atomic mass is 32.2. The fourth-order valence-corrected chi connectivity index (χ4v) is 2.25. The minimum absolute atomic E-state index is 0.0198. The number of anilines is 1. The van der Waals surface area contributed by atoms with Crippen LogP contribution in [-0.4, -0.2) is 16.8 Å². The predicted octanol–water partition coefficient (Wildman–Crippen LogP) is 2.20. The second-order valence-corrected chi connectivity index (χ2v) is 5.23. The molecule has 0 saturated heterocycles. The van der Waals surface area contributed by atoms with Crippen LogP contribution in [0.3, 0.4) is 0 Å². The summed E-state index contributed by atoms with van der Waals surface area (Å²) in [6.07, 6.45) is 1.10. The average molecular weight is 259 g/mol. The smallest absolute Gasteiger partial charge is 0.228 e. The molecule has 0 fully saturated rings. The van der Waals surface area contributed by atoms with Gasteiger partial charge in [0, 0.05) is 24.7 Å². The normalized spacial score (nSPS) is 12.4. The molecule has 0 bridgehead atoms. The Hall–Kier alpha value is -1.73. The van der Waals surface area contributed by atoms with Gasteiger partial charge in [0.2, 0.25) is 5.91 Å². The van der Waals surface area contributed by atoms with E-state index in [1.165, 1.54) is 11.8 Å². The Kier molecular flexibility index (Phi) is 4.06. The quantitative estimate of drug-likeness (QED) is 0.654. The van der Waals surface area contributed by atoms with E-state index < -0.39 is 0 Å². The van der Waals surface area contributed by atoms with E-state index in [4.69, 9.17) is 0 Å². The van der Waals surface area contributed by atoms with Crippen molar-refractivity contribution in [3.8, 4) is 11.8 Å². The van der Waals surface area contributed by atoms with Crippen LogP contribution >= 0.6 is 11.8 Å². The van der Waals surface area contributed by atoms with E-state index in [1.807, 2.05) is 18.2 Å². The van der Waals surface area contributed by atoms with Gasteiger partial charge in [0.15, 0.2) is 5.12 Å². The molecule has 0 aliphatic carbocycles. The lowest BCUT2D eigenvalue weighted by Gasteiger charge is -2.00. The first-order valence-corrected chi connectivity index (χ1v) is 6.69. The average Bonchev–Trinajstić information content (AvgIpc) is 2.69. The highest BCUT2D eigenvalue weighted by Crippen LogP contribution is 2.26. The van der Waals surface area contributed by atoms with E-state index in [2.05, 4.69) is 17.2 Å². The van der Waals surface area contributed by atoms with Gasteiger partial charge >= 0.3 is 0 Å². The van der Waals surface area contributed by atoms with Crippen LogP contribution in [0.1, 0.15) is 24.5 Å². The Balaban J connectivity index is 2.03. The van der Waals surface area contributed by atoms with Gasteiger partial charge in [-0.2, -0.15) is 0 Å². The zero-order valence-electron chi connectivity index (χ0n) is 10.1. The molecule has 1 aliphatic rings. The zero-order chi connectivity index (χ0) is 13.0. The molecule has 0 spiro atoms. The molecule has 18 heavy (non-hydrogen) atoms. The maximum absolute atomic E-state index is 11.3. The highest BCUT2D eigenvalue weighted by molar-refractivity contribution is 8.13. The monoisotopic (exact) mass is 259 g/mol. The molecule has 0 aromatic heterocycles. The number of fused-ring (bicyclic) bond motifs is 1. The number of benzene rings is 1. The van der Waals surface area contributed by atoms with E-state index in [9.17, 15) is 9.59 Å². The molecule has 1 amide bonds. The van der Waals surface area contributed by atoms with Gasteiger partial charge in [-0.1, -0.05) is 35.7 Å². The summed E-state index contributed by atoms with van der Waals surface area (Å²) in [7, 11) is 0. The lowest BCUT2D eigenvalue weighted by Crippen LogP contribution is -2.04. The number of hydrogen-bond acceptors (Lipinski definition) is 3. The lowest BCUT2D eigenvalue weighted by molar-refractivity contribution is -0.115. The molecule has 3 nitrogen and oxygen atoms in total. The molecule has 1 heterocycles. The summed E-state index contributed by atoms with van der Waals surface area (Å²) >= 11 is 1.28. The van der Waals surface area contributed by atoms with Crippen LogP contribution < -0.4 is 5.32 Å². The Morgan fingerprint density at radius 3 is 3.11 bits per heavy atom. The van der Waals surface area contributed by atoms with Crippen molar-refractivity contribution in [2.24, 2.45) is 0 Å². The second-order valence-electron chi connectivity index (χ2n) is 3.96. The molecule has 0 saturated carbocycles. The molecule has 2 rings (SSSR count). The van der Waals surface area contributed by atoms with Crippen LogP contribution in [0, 0.1) is 11.8 Å². The van der Waals surface area contributed by atoms with Crippen molar-refractivity contribution in [2.75, 3.05) is 11.1 Å². The van der Waals surface area contributed by atoms with Crippen molar-refractivity contribution in [3.63, 3.8) is 0 Å².